The average Bonchev–Trinajstić information content (AvgIpc) is 3.51. The molecule has 0 N–H and O–H groups in total. The van der Waals surface area contributed by atoms with E-state index in [1.807, 2.05) is 66.9 Å². The molecule has 0 bridgehead atoms. The number of hydrogen-bond acceptors (Lipinski definition) is 6. The molecule has 0 spiro atoms. The number of pyridine rings is 1. The second-order valence-electron chi connectivity index (χ2n) is 13.8. The molecule has 2 fully saturated rings. The van der Waals surface area contributed by atoms with Gasteiger partial charge in [0.1, 0.15) is 22.6 Å². The Hall–Kier alpha value is -2.57. The number of halogens is 1. The third kappa shape index (κ3) is 8.19. The molecule has 4 aromatic rings. The summed E-state index contributed by atoms with van der Waals surface area (Å²) in [5.41, 5.74) is 4.86. The Morgan fingerprint density at radius 1 is 1.00 bits per heavy atom. The van der Waals surface area contributed by atoms with Crippen LogP contribution < -0.4 is 10.3 Å². The molecule has 0 atom stereocenters. The number of carbonyl (C=O) groups is 1. The fraction of sp³-hybridized carbons (Fsp3) is 0.459. The van der Waals surface area contributed by atoms with Crippen molar-refractivity contribution in [3.8, 4) is 22.6 Å². The van der Waals surface area contributed by atoms with Gasteiger partial charge >= 0.3 is 6.09 Å². The lowest BCUT2D eigenvalue weighted by Gasteiger charge is -2.33. The average molecular weight is 786 g/mol. The maximum atomic E-state index is 13.2. The van der Waals surface area contributed by atoms with E-state index in [4.69, 9.17) is 9.47 Å². The van der Waals surface area contributed by atoms with Gasteiger partial charge in [0.15, 0.2) is 0 Å². The molecule has 4 heterocycles. The topological polar surface area (TPSA) is 65.7 Å². The van der Waals surface area contributed by atoms with Gasteiger partial charge in [-0.25, -0.2) is 4.79 Å². The number of aryl methyl sites for hydroxylation is 2. The quantitative estimate of drug-likeness (QED) is 0.166. The molecular weight excluding hydrogens is 741 g/mol. The normalized spacial score (nSPS) is 16.5. The lowest BCUT2D eigenvalue weighted by molar-refractivity contribution is 0.0181. The summed E-state index contributed by atoms with van der Waals surface area (Å²) in [5, 5.41) is 0.936. The van der Waals surface area contributed by atoms with E-state index in [0.717, 1.165) is 66.8 Å². The highest BCUT2D eigenvalue weighted by Gasteiger charge is 2.27. The van der Waals surface area contributed by atoms with Crippen LogP contribution in [0, 0.1) is 5.92 Å². The summed E-state index contributed by atoms with van der Waals surface area (Å²) in [6.07, 6.45) is 10.2. The van der Waals surface area contributed by atoms with Crippen molar-refractivity contribution in [3.05, 3.63) is 82.4 Å². The molecule has 2 aromatic heterocycles. The number of ether oxygens (including phenoxy) is 2. The number of aromatic nitrogens is 2. The largest absolute Gasteiger partial charge is 0.457 e. The molecule has 2 aromatic carbocycles. The maximum absolute atomic E-state index is 13.2. The Kier molecular flexibility index (Phi) is 10.9. The number of amides is 1. The van der Waals surface area contributed by atoms with E-state index in [9.17, 15) is 9.59 Å². The molecule has 6 rings (SSSR count). The molecule has 2 aliphatic rings. The molecule has 2 aliphatic heterocycles. The van der Waals surface area contributed by atoms with Gasteiger partial charge in [-0.2, -0.15) is 11.8 Å². The first kappa shape index (κ1) is 34.3. The maximum Gasteiger partial charge on any atom is 0.410 e. The van der Waals surface area contributed by atoms with Crippen molar-refractivity contribution in [2.75, 3.05) is 24.6 Å². The zero-order valence-electron chi connectivity index (χ0n) is 27.7. The van der Waals surface area contributed by atoms with Crippen LogP contribution in [-0.4, -0.2) is 49.7 Å². The van der Waals surface area contributed by atoms with Crippen LogP contribution in [0.1, 0.15) is 69.9 Å². The third-order valence-electron chi connectivity index (χ3n) is 9.31. The second kappa shape index (κ2) is 14.9. The summed E-state index contributed by atoms with van der Waals surface area (Å²) in [7, 11) is 3.33. The van der Waals surface area contributed by atoms with Crippen molar-refractivity contribution >= 4 is 59.1 Å². The summed E-state index contributed by atoms with van der Waals surface area (Å²) in [5.74, 6) is 5.10. The molecule has 0 radical (unpaired) electrons. The molecule has 0 saturated carbocycles. The zero-order valence-corrected chi connectivity index (χ0v) is 31.5. The molecule has 2 saturated heterocycles. The lowest BCUT2D eigenvalue weighted by atomic mass is 9.90. The predicted molar refractivity (Wildman–Crippen MR) is 204 cm³/mol. The number of benzene rings is 2. The Morgan fingerprint density at radius 2 is 1.72 bits per heavy atom. The van der Waals surface area contributed by atoms with E-state index in [2.05, 4.69) is 63.7 Å². The van der Waals surface area contributed by atoms with Gasteiger partial charge in [0.25, 0.3) is 5.56 Å². The fourth-order valence-electron chi connectivity index (χ4n) is 6.69. The molecule has 0 aliphatic carbocycles. The van der Waals surface area contributed by atoms with Crippen LogP contribution in [0.5, 0.6) is 11.5 Å². The van der Waals surface area contributed by atoms with Crippen molar-refractivity contribution in [2.45, 2.75) is 70.8 Å². The van der Waals surface area contributed by atoms with Gasteiger partial charge in [-0.15, -0.1) is 0 Å². The van der Waals surface area contributed by atoms with Crippen molar-refractivity contribution in [2.24, 2.45) is 13.0 Å². The van der Waals surface area contributed by atoms with Crippen LogP contribution in [0.25, 0.3) is 22.0 Å². The number of likely N-dealkylation sites (tertiary alicyclic amines) is 1. The smallest absolute Gasteiger partial charge is 0.410 e. The highest BCUT2D eigenvalue weighted by molar-refractivity contribution is 14.2. The van der Waals surface area contributed by atoms with Gasteiger partial charge < -0.3 is 18.9 Å². The first-order valence-corrected chi connectivity index (χ1v) is 21.0. The third-order valence-corrected chi connectivity index (χ3v) is 12.1. The van der Waals surface area contributed by atoms with Crippen LogP contribution >= 0.6 is 42.1 Å². The van der Waals surface area contributed by atoms with Crippen molar-refractivity contribution in [3.63, 3.8) is 0 Å². The summed E-state index contributed by atoms with van der Waals surface area (Å²) in [6.45, 7) is 7.26. The van der Waals surface area contributed by atoms with Gasteiger partial charge in [0.05, 0.1) is 0 Å². The lowest BCUT2D eigenvalue weighted by Crippen LogP contribution is -2.41. The molecule has 1 amide bonds. The van der Waals surface area contributed by atoms with Crippen molar-refractivity contribution in [1.82, 2.24) is 13.4 Å². The minimum atomic E-state index is -0.461. The summed E-state index contributed by atoms with van der Waals surface area (Å²) in [4.78, 5) is 27.5. The molecule has 250 valence electrons. The Morgan fingerprint density at radius 3 is 2.40 bits per heavy atom. The van der Waals surface area contributed by atoms with E-state index in [1.165, 1.54) is 44.6 Å². The van der Waals surface area contributed by atoms with Gasteiger partial charge in [-0.05, 0) is 124 Å². The van der Waals surface area contributed by atoms with Crippen molar-refractivity contribution in [1.29, 1.82) is 0 Å². The standard InChI is InChI=1S/C37H44IN3O4S2/c1-37(2,3)45-36(43)40-18-13-26(14-19-40)6-5-25-7-10-29(11-8-25)44-33-12-9-28(27-16-21-46-22-17-27)23-31(33)32-24-39(4)35(42)34-30(32)15-20-41(34)47-38/h7-12,15,20,23-24,26-27H,5-6,13-14,16-19,21-22H2,1-4H3. The van der Waals surface area contributed by atoms with Crippen LogP contribution in [-0.2, 0) is 18.2 Å². The Labute approximate surface area is 298 Å². The van der Waals surface area contributed by atoms with Gasteiger partial charge in [0, 0.05) is 79.4 Å². The summed E-state index contributed by atoms with van der Waals surface area (Å²) in [6, 6.07) is 17.2. The van der Waals surface area contributed by atoms with E-state index < -0.39 is 5.60 Å². The highest BCUT2D eigenvalue weighted by Crippen LogP contribution is 2.41. The fourth-order valence-corrected chi connectivity index (χ4v) is 9.13. The number of hydrogen-bond donors (Lipinski definition) is 0. The molecule has 10 heteroatoms. The predicted octanol–water partition coefficient (Wildman–Crippen LogP) is 9.84. The number of thioether (sulfide) groups is 1. The summed E-state index contributed by atoms with van der Waals surface area (Å²) >= 11 is 4.26. The Bertz CT molecular complexity index is 1770. The summed E-state index contributed by atoms with van der Waals surface area (Å²) < 4.78 is 15.8. The monoisotopic (exact) mass is 785 g/mol. The van der Waals surface area contributed by atoms with Crippen LogP contribution in [0.2, 0.25) is 0 Å². The first-order valence-electron chi connectivity index (χ1n) is 16.6. The molecule has 47 heavy (non-hydrogen) atoms. The minimum Gasteiger partial charge on any atom is -0.457 e. The molecular formula is C37H44IN3O4S2. The second-order valence-corrected chi connectivity index (χ2v) is 16.7. The number of nitrogens with zero attached hydrogens (tertiary/aromatic N) is 3. The highest BCUT2D eigenvalue weighted by atomic mass is 127. The Balaban J connectivity index is 1.18. The van der Waals surface area contributed by atoms with Crippen LogP contribution in [0.4, 0.5) is 4.79 Å². The van der Waals surface area contributed by atoms with Gasteiger partial charge in [0.2, 0.25) is 0 Å². The SMILES string of the molecule is Cn1cc(-c2cc(C3CCSCC3)ccc2Oc2ccc(CCC3CCN(C(=O)OC(C)(C)C)CC3)cc2)c2ccn(SI)c2c1=O. The van der Waals surface area contributed by atoms with E-state index in [1.54, 1.807) is 4.57 Å². The first-order chi connectivity index (χ1) is 22.6. The van der Waals surface area contributed by atoms with Gasteiger partial charge in [-0.3, -0.25) is 8.77 Å². The number of rotatable bonds is 8. The van der Waals surface area contributed by atoms with Crippen molar-refractivity contribution < 1.29 is 14.3 Å². The van der Waals surface area contributed by atoms with Crippen LogP contribution in [0.3, 0.4) is 0 Å². The minimum absolute atomic E-state index is 0.00923. The number of piperidine rings is 1. The van der Waals surface area contributed by atoms with E-state index in [0.29, 0.717) is 17.4 Å². The number of fused-ring (bicyclic) bond motifs is 1. The zero-order chi connectivity index (χ0) is 33.1. The van der Waals surface area contributed by atoms with E-state index in [-0.39, 0.29) is 11.7 Å². The molecule has 0 unspecified atom stereocenters. The van der Waals surface area contributed by atoms with Crippen LogP contribution in [0.15, 0.2) is 65.7 Å². The molecule has 7 nitrogen and oxygen atoms in total. The van der Waals surface area contributed by atoms with Gasteiger partial charge in [-0.1, -0.05) is 18.2 Å². The van der Waals surface area contributed by atoms with E-state index >= 15 is 0 Å². The number of carbonyl (C=O) groups excluding carboxylic acids is 1.